The molecule has 2 N–H and O–H groups in total. The number of carboxylic acid groups (broad SMARTS) is 1. The van der Waals surface area contributed by atoms with Gasteiger partial charge in [0, 0.05) is 10.0 Å². The van der Waals surface area contributed by atoms with Crippen LogP contribution in [0.1, 0.15) is 58.9 Å². The second kappa shape index (κ2) is 9.49. The van der Waals surface area contributed by atoms with Crippen molar-refractivity contribution in [1.82, 2.24) is 4.90 Å². The van der Waals surface area contributed by atoms with Crippen molar-refractivity contribution in [2.75, 3.05) is 5.32 Å². The molecule has 1 aliphatic heterocycles. The molecule has 1 aliphatic rings. The lowest BCUT2D eigenvalue weighted by atomic mass is 9.96. The van der Waals surface area contributed by atoms with Crippen LogP contribution >= 0.6 is 23.2 Å². The average Bonchev–Trinajstić information content (AvgIpc) is 2.90. The standard InChI is InChI=1S/C26H22Cl2N2O4/c1-14(2)17-7-12-21-20(13-17)25(32)30(23(26(33)34)16-5-10-19(28)11-6-16)22(24(31)29-21)15-3-8-18(27)9-4-15/h3-14,22-23H,1-2H3,(H,29,31)(H,33,34). The Morgan fingerprint density at radius 3 is 2.03 bits per heavy atom. The molecule has 2 amide bonds. The van der Waals surface area contributed by atoms with E-state index in [9.17, 15) is 19.5 Å². The molecule has 0 fully saturated rings. The van der Waals surface area contributed by atoms with Gasteiger partial charge in [0.2, 0.25) is 0 Å². The lowest BCUT2D eigenvalue weighted by Gasteiger charge is -2.34. The van der Waals surface area contributed by atoms with E-state index >= 15 is 0 Å². The summed E-state index contributed by atoms with van der Waals surface area (Å²) in [7, 11) is 0. The number of amides is 2. The number of carbonyl (C=O) groups excluding carboxylic acids is 2. The van der Waals surface area contributed by atoms with Gasteiger partial charge in [0.05, 0.1) is 11.3 Å². The molecule has 4 rings (SSSR count). The molecule has 6 nitrogen and oxygen atoms in total. The highest BCUT2D eigenvalue weighted by molar-refractivity contribution is 6.30. The van der Waals surface area contributed by atoms with Gasteiger partial charge in [-0.1, -0.05) is 67.4 Å². The van der Waals surface area contributed by atoms with Crippen LogP contribution in [0.2, 0.25) is 10.0 Å². The number of fused-ring (bicyclic) bond motifs is 1. The Hall–Kier alpha value is -3.35. The Bertz CT molecular complexity index is 1260. The zero-order valence-electron chi connectivity index (χ0n) is 18.5. The van der Waals surface area contributed by atoms with Crippen LogP contribution in [0.25, 0.3) is 0 Å². The number of carbonyl (C=O) groups is 3. The molecule has 3 aromatic rings. The second-order valence-electron chi connectivity index (χ2n) is 8.41. The van der Waals surface area contributed by atoms with Gasteiger partial charge < -0.3 is 15.3 Å². The fraction of sp³-hybridized carbons (Fsp3) is 0.192. The van der Waals surface area contributed by atoms with Crippen LogP contribution in [-0.2, 0) is 9.59 Å². The van der Waals surface area contributed by atoms with Gasteiger partial charge in [0.25, 0.3) is 11.8 Å². The SMILES string of the molecule is CC(C)c1ccc2c(c1)C(=O)N(C(C(=O)O)c1ccc(Cl)cc1)C(c1ccc(Cl)cc1)C(=O)N2. The number of rotatable bonds is 5. The first-order valence-electron chi connectivity index (χ1n) is 10.7. The minimum atomic E-state index is -1.44. The molecular formula is C26H22Cl2N2O4. The molecule has 0 saturated heterocycles. The zero-order valence-corrected chi connectivity index (χ0v) is 20.0. The van der Waals surface area contributed by atoms with Gasteiger partial charge in [-0.25, -0.2) is 4.79 Å². The monoisotopic (exact) mass is 496 g/mol. The van der Waals surface area contributed by atoms with Crippen LogP contribution in [0.3, 0.4) is 0 Å². The second-order valence-corrected chi connectivity index (χ2v) is 9.28. The molecule has 0 radical (unpaired) electrons. The first kappa shape index (κ1) is 23.8. The fourth-order valence-corrected chi connectivity index (χ4v) is 4.33. The smallest absolute Gasteiger partial charge is 0.331 e. The van der Waals surface area contributed by atoms with Crippen molar-refractivity contribution in [2.24, 2.45) is 0 Å². The van der Waals surface area contributed by atoms with Gasteiger partial charge in [-0.05, 0) is 59.0 Å². The van der Waals surface area contributed by atoms with Crippen molar-refractivity contribution in [2.45, 2.75) is 31.8 Å². The van der Waals surface area contributed by atoms with E-state index in [0.29, 0.717) is 26.9 Å². The maximum Gasteiger partial charge on any atom is 0.331 e. The molecule has 1 heterocycles. The molecule has 0 spiro atoms. The number of nitrogens with one attached hydrogen (secondary N) is 1. The molecule has 174 valence electrons. The largest absolute Gasteiger partial charge is 0.479 e. The highest BCUT2D eigenvalue weighted by atomic mass is 35.5. The Morgan fingerprint density at radius 2 is 1.47 bits per heavy atom. The van der Waals surface area contributed by atoms with E-state index < -0.39 is 29.9 Å². The molecule has 0 bridgehead atoms. The van der Waals surface area contributed by atoms with Crippen molar-refractivity contribution in [3.63, 3.8) is 0 Å². The van der Waals surface area contributed by atoms with Gasteiger partial charge in [0.15, 0.2) is 6.04 Å². The van der Waals surface area contributed by atoms with E-state index in [1.54, 1.807) is 60.7 Å². The summed E-state index contributed by atoms with van der Waals surface area (Å²) in [5, 5.41) is 14.0. The maximum atomic E-state index is 14.0. The average molecular weight is 497 g/mol. The molecule has 8 heteroatoms. The normalized spacial score (nSPS) is 16.6. The number of hydrogen-bond acceptors (Lipinski definition) is 3. The van der Waals surface area contributed by atoms with E-state index in [4.69, 9.17) is 23.2 Å². The lowest BCUT2D eigenvalue weighted by molar-refractivity contribution is -0.144. The van der Waals surface area contributed by atoms with E-state index in [1.807, 2.05) is 19.9 Å². The molecule has 2 unspecified atom stereocenters. The maximum absolute atomic E-state index is 14.0. The predicted octanol–water partition coefficient (Wildman–Crippen LogP) is 6.08. The van der Waals surface area contributed by atoms with E-state index in [0.717, 1.165) is 10.5 Å². The summed E-state index contributed by atoms with van der Waals surface area (Å²) in [5.74, 6) is -2.24. The number of nitrogens with zero attached hydrogens (tertiary/aromatic N) is 1. The van der Waals surface area contributed by atoms with E-state index in [2.05, 4.69) is 5.32 Å². The summed E-state index contributed by atoms with van der Waals surface area (Å²) in [4.78, 5) is 41.2. The number of anilines is 1. The Kier molecular flexibility index (Phi) is 6.64. The highest BCUT2D eigenvalue weighted by Gasteiger charge is 2.44. The molecule has 2 atom stereocenters. The van der Waals surface area contributed by atoms with Crippen molar-refractivity contribution in [1.29, 1.82) is 0 Å². The summed E-state index contributed by atoms with van der Waals surface area (Å²) in [6.45, 7) is 3.98. The summed E-state index contributed by atoms with van der Waals surface area (Å²) in [5.41, 5.74) is 2.22. The Morgan fingerprint density at radius 1 is 0.912 bits per heavy atom. The third kappa shape index (κ3) is 4.52. The number of aliphatic carboxylic acids is 1. The minimum Gasteiger partial charge on any atom is -0.479 e. The van der Waals surface area contributed by atoms with Crippen molar-refractivity contribution < 1.29 is 19.5 Å². The van der Waals surface area contributed by atoms with Crippen LogP contribution in [0.5, 0.6) is 0 Å². The first-order chi connectivity index (χ1) is 16.2. The Labute approximate surface area is 207 Å². The third-order valence-electron chi connectivity index (χ3n) is 5.84. The van der Waals surface area contributed by atoms with E-state index in [-0.39, 0.29) is 11.5 Å². The third-order valence-corrected chi connectivity index (χ3v) is 6.35. The topological polar surface area (TPSA) is 86.7 Å². The van der Waals surface area contributed by atoms with Crippen LogP contribution in [0, 0.1) is 0 Å². The number of benzene rings is 3. The molecular weight excluding hydrogens is 475 g/mol. The van der Waals surface area contributed by atoms with Crippen LogP contribution in [0.15, 0.2) is 66.7 Å². The van der Waals surface area contributed by atoms with Crippen molar-refractivity contribution in [3.05, 3.63) is 99.0 Å². The summed E-state index contributed by atoms with van der Waals surface area (Å²) >= 11 is 12.0. The van der Waals surface area contributed by atoms with Crippen molar-refractivity contribution in [3.8, 4) is 0 Å². The van der Waals surface area contributed by atoms with Gasteiger partial charge >= 0.3 is 5.97 Å². The first-order valence-corrected chi connectivity index (χ1v) is 11.4. The van der Waals surface area contributed by atoms with Gasteiger partial charge in [-0.3, -0.25) is 9.59 Å². The molecule has 0 saturated carbocycles. The van der Waals surface area contributed by atoms with Crippen LogP contribution < -0.4 is 5.32 Å². The molecule has 0 aromatic heterocycles. The minimum absolute atomic E-state index is 0.129. The number of hydrogen-bond donors (Lipinski definition) is 2. The van der Waals surface area contributed by atoms with Gasteiger partial charge in [-0.2, -0.15) is 0 Å². The quantitative estimate of drug-likeness (QED) is 0.448. The summed E-state index contributed by atoms with van der Waals surface area (Å²) in [6.07, 6.45) is 0. The zero-order chi connectivity index (χ0) is 24.6. The lowest BCUT2D eigenvalue weighted by Crippen LogP contribution is -2.44. The molecule has 3 aromatic carbocycles. The molecule has 0 aliphatic carbocycles. The van der Waals surface area contributed by atoms with Crippen LogP contribution in [0.4, 0.5) is 5.69 Å². The highest BCUT2D eigenvalue weighted by Crippen LogP contribution is 2.39. The van der Waals surface area contributed by atoms with E-state index in [1.165, 1.54) is 0 Å². The summed E-state index contributed by atoms with van der Waals surface area (Å²) in [6, 6.07) is 15.2. The number of carboxylic acids is 1. The predicted molar refractivity (Wildman–Crippen MR) is 131 cm³/mol. The Balaban J connectivity index is 1.95. The van der Waals surface area contributed by atoms with Crippen LogP contribution in [-0.4, -0.2) is 27.8 Å². The van der Waals surface area contributed by atoms with Gasteiger partial charge in [0.1, 0.15) is 6.04 Å². The van der Waals surface area contributed by atoms with Crippen molar-refractivity contribution >= 4 is 46.7 Å². The fourth-order valence-electron chi connectivity index (χ4n) is 4.08. The molecule has 34 heavy (non-hydrogen) atoms. The van der Waals surface area contributed by atoms with Gasteiger partial charge in [-0.15, -0.1) is 0 Å². The number of halogens is 2. The summed E-state index contributed by atoms with van der Waals surface area (Å²) < 4.78 is 0.